The Kier molecular flexibility index (Phi) is 4.52. The number of amides is 1. The predicted octanol–water partition coefficient (Wildman–Crippen LogP) is 2.93. The van der Waals surface area contributed by atoms with Gasteiger partial charge < -0.3 is 10.4 Å². The van der Waals surface area contributed by atoms with Crippen LogP contribution in [0.4, 0.5) is 0 Å². The summed E-state index contributed by atoms with van der Waals surface area (Å²) < 4.78 is 0.820. The number of aliphatic hydroxyl groups is 1. The summed E-state index contributed by atoms with van der Waals surface area (Å²) >= 11 is 4.74. The molecule has 0 saturated heterocycles. The quantitative estimate of drug-likeness (QED) is 0.908. The Morgan fingerprint density at radius 2 is 1.89 bits per heavy atom. The fraction of sp³-hybridized carbons (Fsp3) is 0.154. The molecule has 0 saturated carbocycles. The summed E-state index contributed by atoms with van der Waals surface area (Å²) in [5.74, 6) is -0.0805. The van der Waals surface area contributed by atoms with E-state index in [1.54, 1.807) is 0 Å². The first-order valence-corrected chi connectivity index (χ1v) is 7.08. The van der Waals surface area contributed by atoms with Crippen molar-refractivity contribution in [2.75, 3.05) is 0 Å². The summed E-state index contributed by atoms with van der Waals surface area (Å²) in [5, 5.41) is 13.7. The van der Waals surface area contributed by atoms with Gasteiger partial charge in [-0.3, -0.25) is 4.79 Å². The molecule has 0 spiro atoms. The van der Waals surface area contributed by atoms with Gasteiger partial charge in [-0.15, -0.1) is 11.3 Å². The molecule has 0 radical (unpaired) electrons. The normalized spacial score (nSPS) is 10.3. The van der Waals surface area contributed by atoms with Crippen molar-refractivity contribution in [1.82, 2.24) is 5.32 Å². The first-order chi connectivity index (χ1) is 8.70. The zero-order valence-electron chi connectivity index (χ0n) is 9.52. The summed E-state index contributed by atoms with van der Waals surface area (Å²) in [6, 6.07) is 9.35. The highest BCUT2D eigenvalue weighted by atomic mass is 79.9. The van der Waals surface area contributed by atoms with Gasteiger partial charge in [0.25, 0.3) is 5.91 Å². The fourth-order valence-electron chi connectivity index (χ4n) is 1.48. The maximum Gasteiger partial charge on any atom is 0.262 e. The first-order valence-electron chi connectivity index (χ1n) is 5.40. The number of thiophene rings is 1. The lowest BCUT2D eigenvalue weighted by Crippen LogP contribution is -2.22. The van der Waals surface area contributed by atoms with E-state index < -0.39 is 0 Å². The Morgan fingerprint density at radius 1 is 1.22 bits per heavy atom. The summed E-state index contributed by atoms with van der Waals surface area (Å²) in [6.45, 7) is 0.518. The molecule has 0 aliphatic heterocycles. The number of nitrogens with one attached hydrogen (secondary N) is 1. The van der Waals surface area contributed by atoms with Gasteiger partial charge in [-0.2, -0.15) is 0 Å². The van der Waals surface area contributed by atoms with Crippen LogP contribution >= 0.6 is 27.3 Å². The van der Waals surface area contributed by atoms with Gasteiger partial charge in [0.2, 0.25) is 0 Å². The molecule has 0 atom stereocenters. The van der Waals surface area contributed by atoms with E-state index in [4.69, 9.17) is 5.11 Å². The van der Waals surface area contributed by atoms with Crippen LogP contribution in [0.1, 0.15) is 20.8 Å². The lowest BCUT2D eigenvalue weighted by Gasteiger charge is -2.05. The van der Waals surface area contributed by atoms with Crippen LogP contribution in [0.3, 0.4) is 0 Å². The molecule has 0 unspecified atom stereocenters. The third-order valence-corrected chi connectivity index (χ3v) is 4.32. The van der Waals surface area contributed by atoms with Crippen molar-refractivity contribution in [2.24, 2.45) is 0 Å². The molecule has 2 aromatic rings. The summed E-state index contributed by atoms with van der Waals surface area (Å²) in [6.07, 6.45) is 0. The Hall–Kier alpha value is -1.17. The second-order valence-electron chi connectivity index (χ2n) is 3.75. The number of benzene rings is 1. The number of rotatable bonds is 4. The number of carbonyl (C=O) groups excluding carboxylic acids is 1. The zero-order chi connectivity index (χ0) is 13.0. The molecule has 1 amide bonds. The number of aliphatic hydroxyl groups excluding tert-OH is 1. The standard InChI is InChI=1S/C13H12BrNO2S/c14-11-5-6-18-12(11)13(17)15-7-9-1-3-10(8-16)4-2-9/h1-6,16H,7-8H2,(H,15,17). The summed E-state index contributed by atoms with van der Waals surface area (Å²) in [5.41, 5.74) is 1.87. The average Bonchev–Trinajstić information content (AvgIpc) is 2.83. The van der Waals surface area contributed by atoms with Gasteiger partial charge in [-0.1, -0.05) is 24.3 Å². The molecular formula is C13H12BrNO2S. The van der Waals surface area contributed by atoms with E-state index in [9.17, 15) is 4.79 Å². The lowest BCUT2D eigenvalue weighted by atomic mass is 10.1. The molecule has 18 heavy (non-hydrogen) atoms. The van der Waals surface area contributed by atoms with Gasteiger partial charge in [0.05, 0.1) is 6.61 Å². The SMILES string of the molecule is O=C(NCc1ccc(CO)cc1)c1sccc1Br. The van der Waals surface area contributed by atoms with Crippen molar-refractivity contribution < 1.29 is 9.90 Å². The molecule has 1 aromatic heterocycles. The molecule has 0 aliphatic rings. The topological polar surface area (TPSA) is 49.3 Å². The van der Waals surface area contributed by atoms with E-state index in [-0.39, 0.29) is 12.5 Å². The smallest absolute Gasteiger partial charge is 0.262 e. The second kappa shape index (κ2) is 6.13. The van der Waals surface area contributed by atoms with Crippen LogP contribution < -0.4 is 5.32 Å². The monoisotopic (exact) mass is 325 g/mol. The minimum Gasteiger partial charge on any atom is -0.392 e. The molecule has 1 aromatic carbocycles. The number of hydrogen-bond donors (Lipinski definition) is 2. The number of carbonyl (C=O) groups is 1. The van der Waals surface area contributed by atoms with Gasteiger partial charge in [0, 0.05) is 11.0 Å². The van der Waals surface area contributed by atoms with Crippen LogP contribution in [0.2, 0.25) is 0 Å². The van der Waals surface area contributed by atoms with Crippen LogP contribution in [0, 0.1) is 0 Å². The Morgan fingerprint density at radius 3 is 2.44 bits per heavy atom. The minimum absolute atomic E-state index is 0.0365. The third-order valence-electron chi connectivity index (χ3n) is 2.48. The van der Waals surface area contributed by atoms with Gasteiger partial charge >= 0.3 is 0 Å². The molecule has 0 bridgehead atoms. The van der Waals surface area contributed by atoms with Crippen molar-refractivity contribution in [1.29, 1.82) is 0 Å². The average molecular weight is 326 g/mol. The summed E-state index contributed by atoms with van der Waals surface area (Å²) in [7, 11) is 0. The van der Waals surface area contributed by atoms with Crippen LogP contribution in [-0.2, 0) is 13.2 Å². The zero-order valence-corrected chi connectivity index (χ0v) is 11.9. The first kappa shape index (κ1) is 13.3. The number of halogens is 1. The van der Waals surface area contributed by atoms with Crippen molar-refractivity contribution in [3.05, 3.63) is 56.2 Å². The summed E-state index contributed by atoms with van der Waals surface area (Å²) in [4.78, 5) is 12.5. The van der Waals surface area contributed by atoms with Crippen molar-refractivity contribution in [3.63, 3.8) is 0 Å². The van der Waals surface area contributed by atoms with E-state index in [1.165, 1.54) is 11.3 Å². The molecule has 2 N–H and O–H groups in total. The highest BCUT2D eigenvalue weighted by molar-refractivity contribution is 9.10. The highest BCUT2D eigenvalue weighted by Gasteiger charge is 2.10. The van der Waals surface area contributed by atoms with Gasteiger partial charge in [0.1, 0.15) is 4.88 Å². The van der Waals surface area contributed by atoms with Crippen LogP contribution in [0.5, 0.6) is 0 Å². The van der Waals surface area contributed by atoms with E-state index in [0.717, 1.165) is 15.6 Å². The predicted molar refractivity (Wildman–Crippen MR) is 75.6 cm³/mol. The lowest BCUT2D eigenvalue weighted by molar-refractivity contribution is 0.0954. The Bertz CT molecular complexity index is 536. The van der Waals surface area contributed by atoms with Gasteiger partial charge in [-0.05, 0) is 38.5 Å². The van der Waals surface area contributed by atoms with E-state index in [2.05, 4.69) is 21.2 Å². The third kappa shape index (κ3) is 3.19. The van der Waals surface area contributed by atoms with Crippen LogP contribution in [-0.4, -0.2) is 11.0 Å². The van der Waals surface area contributed by atoms with E-state index in [1.807, 2.05) is 35.7 Å². The van der Waals surface area contributed by atoms with Crippen LogP contribution in [0.15, 0.2) is 40.2 Å². The molecular weight excluding hydrogens is 314 g/mol. The minimum atomic E-state index is -0.0805. The highest BCUT2D eigenvalue weighted by Crippen LogP contribution is 2.22. The maximum atomic E-state index is 11.9. The molecule has 0 aliphatic carbocycles. The molecule has 1 heterocycles. The molecule has 2 rings (SSSR count). The van der Waals surface area contributed by atoms with E-state index in [0.29, 0.717) is 11.4 Å². The van der Waals surface area contributed by atoms with Crippen molar-refractivity contribution >= 4 is 33.2 Å². The maximum absolute atomic E-state index is 11.9. The van der Waals surface area contributed by atoms with Gasteiger partial charge in [-0.25, -0.2) is 0 Å². The van der Waals surface area contributed by atoms with Crippen LogP contribution in [0.25, 0.3) is 0 Å². The Labute approximate surface area is 118 Å². The molecule has 94 valence electrons. The molecule has 3 nitrogen and oxygen atoms in total. The van der Waals surface area contributed by atoms with Crippen molar-refractivity contribution in [3.8, 4) is 0 Å². The molecule has 0 fully saturated rings. The Balaban J connectivity index is 1.95. The van der Waals surface area contributed by atoms with Gasteiger partial charge in [0.15, 0.2) is 0 Å². The van der Waals surface area contributed by atoms with Crippen molar-refractivity contribution in [2.45, 2.75) is 13.2 Å². The fourth-order valence-corrected chi connectivity index (χ4v) is 2.95. The largest absolute Gasteiger partial charge is 0.392 e. The second-order valence-corrected chi connectivity index (χ2v) is 5.53. The van der Waals surface area contributed by atoms with E-state index >= 15 is 0 Å². The number of hydrogen-bond acceptors (Lipinski definition) is 3. The molecule has 5 heteroatoms.